The van der Waals surface area contributed by atoms with Gasteiger partial charge in [-0.3, -0.25) is 4.79 Å². The normalized spacial score (nSPS) is 13.9. The Morgan fingerprint density at radius 3 is 1.27 bits per heavy atom. The molecule has 0 spiro atoms. The molecule has 4 nitrogen and oxygen atoms in total. The van der Waals surface area contributed by atoms with Crippen molar-refractivity contribution in [3.63, 3.8) is 0 Å². The lowest BCUT2D eigenvalue weighted by Crippen LogP contribution is -2.05. The maximum absolute atomic E-state index is 10.3. The minimum atomic E-state index is -0.653. The second kappa shape index (κ2) is 22.4. The van der Waals surface area contributed by atoms with Crippen LogP contribution in [0, 0.1) is 0 Å². The fourth-order valence-electron chi connectivity index (χ4n) is 3.09. The van der Waals surface area contributed by atoms with Crippen LogP contribution in [0.3, 0.4) is 0 Å². The second-order valence-electron chi connectivity index (χ2n) is 7.44. The van der Waals surface area contributed by atoms with E-state index < -0.39 is 5.97 Å². The molecule has 0 aromatic carbocycles. The van der Waals surface area contributed by atoms with Crippen molar-refractivity contribution < 1.29 is 19.7 Å². The first kappa shape index (κ1) is 25.4. The SMILES string of the molecule is C1CCOOC1.CCCCCCCCCCCCCCCCCC(=O)O. The predicted octanol–water partition coefficient (Wildman–Crippen LogP) is 7.06. The third-order valence-corrected chi connectivity index (χ3v) is 4.78. The van der Waals surface area contributed by atoms with Crippen molar-refractivity contribution in [1.82, 2.24) is 0 Å². The predicted molar refractivity (Wildman–Crippen MR) is 108 cm³/mol. The molecule has 0 bridgehead atoms. The summed E-state index contributed by atoms with van der Waals surface area (Å²) < 4.78 is 0. The zero-order valence-corrected chi connectivity index (χ0v) is 17.3. The summed E-state index contributed by atoms with van der Waals surface area (Å²) in [6.45, 7) is 3.83. The van der Waals surface area contributed by atoms with E-state index in [1.54, 1.807) is 0 Å². The van der Waals surface area contributed by atoms with Gasteiger partial charge in [0.15, 0.2) is 0 Å². The summed E-state index contributed by atoms with van der Waals surface area (Å²) in [4.78, 5) is 19.5. The van der Waals surface area contributed by atoms with Crippen LogP contribution < -0.4 is 0 Å². The van der Waals surface area contributed by atoms with E-state index in [1.165, 1.54) is 83.5 Å². The lowest BCUT2D eigenvalue weighted by Gasteiger charge is -2.07. The van der Waals surface area contributed by atoms with Gasteiger partial charge in [0.2, 0.25) is 0 Å². The molecule has 4 heteroatoms. The van der Waals surface area contributed by atoms with Gasteiger partial charge in [-0.25, -0.2) is 9.78 Å². The lowest BCUT2D eigenvalue weighted by molar-refractivity contribution is -0.312. The molecular formula is C22H44O4. The van der Waals surface area contributed by atoms with E-state index in [9.17, 15) is 4.79 Å². The van der Waals surface area contributed by atoms with Gasteiger partial charge in [-0.2, -0.15) is 0 Å². The molecule has 0 aliphatic carbocycles. The van der Waals surface area contributed by atoms with Gasteiger partial charge in [-0.05, 0) is 19.3 Å². The fraction of sp³-hybridized carbons (Fsp3) is 0.955. The van der Waals surface area contributed by atoms with Gasteiger partial charge in [0.1, 0.15) is 0 Å². The fourth-order valence-corrected chi connectivity index (χ4v) is 3.09. The molecule has 0 amide bonds. The maximum atomic E-state index is 10.3. The first-order valence-corrected chi connectivity index (χ1v) is 11.2. The highest BCUT2D eigenvalue weighted by molar-refractivity contribution is 5.66. The van der Waals surface area contributed by atoms with Crippen LogP contribution in [0.2, 0.25) is 0 Å². The first-order valence-electron chi connectivity index (χ1n) is 11.2. The van der Waals surface area contributed by atoms with Gasteiger partial charge in [0.25, 0.3) is 0 Å². The van der Waals surface area contributed by atoms with Crippen LogP contribution in [-0.4, -0.2) is 24.3 Å². The van der Waals surface area contributed by atoms with E-state index in [0.29, 0.717) is 6.42 Å². The standard InChI is InChI=1S/C18H36O2.C4H8O2/c1-2-3-4-5-6-7-8-9-10-11-12-13-14-15-16-17-18(19)20;1-2-4-6-5-3-1/h2-17H2,1H3,(H,19,20);1-4H2. The average Bonchev–Trinajstić information content (AvgIpc) is 2.66. The summed E-state index contributed by atoms with van der Waals surface area (Å²) in [7, 11) is 0. The molecule has 0 atom stereocenters. The smallest absolute Gasteiger partial charge is 0.303 e. The van der Waals surface area contributed by atoms with Crippen molar-refractivity contribution >= 4 is 5.97 Å². The van der Waals surface area contributed by atoms with Gasteiger partial charge in [-0.1, -0.05) is 96.8 Å². The molecule has 1 fully saturated rings. The maximum Gasteiger partial charge on any atom is 0.303 e. The van der Waals surface area contributed by atoms with Crippen molar-refractivity contribution in [2.75, 3.05) is 13.2 Å². The third kappa shape index (κ3) is 23.4. The number of carboxylic acids is 1. The molecule has 0 saturated carbocycles. The van der Waals surface area contributed by atoms with Crippen molar-refractivity contribution in [3.8, 4) is 0 Å². The molecule has 26 heavy (non-hydrogen) atoms. The van der Waals surface area contributed by atoms with Crippen LogP contribution in [0.4, 0.5) is 0 Å². The van der Waals surface area contributed by atoms with E-state index >= 15 is 0 Å². The number of hydrogen-bond donors (Lipinski definition) is 1. The van der Waals surface area contributed by atoms with Gasteiger partial charge in [-0.15, -0.1) is 0 Å². The van der Waals surface area contributed by atoms with Gasteiger partial charge < -0.3 is 5.11 Å². The van der Waals surface area contributed by atoms with Crippen molar-refractivity contribution in [2.24, 2.45) is 0 Å². The summed E-state index contributed by atoms with van der Waals surface area (Å²) in [5, 5.41) is 8.52. The number of hydrogen-bond acceptors (Lipinski definition) is 3. The summed E-state index contributed by atoms with van der Waals surface area (Å²) in [6.07, 6.45) is 22.5. The Balaban J connectivity index is 0.000000867. The molecule has 1 N–H and O–H groups in total. The largest absolute Gasteiger partial charge is 0.481 e. The Labute approximate surface area is 162 Å². The zero-order valence-electron chi connectivity index (χ0n) is 17.3. The molecule has 1 aliphatic heterocycles. The highest BCUT2D eigenvalue weighted by Gasteiger charge is 1.97. The minimum absolute atomic E-state index is 0.345. The molecule has 1 aliphatic rings. The second-order valence-corrected chi connectivity index (χ2v) is 7.44. The average molecular weight is 373 g/mol. The Bertz CT molecular complexity index is 266. The molecule has 0 aromatic heterocycles. The summed E-state index contributed by atoms with van der Waals surface area (Å²) in [5.74, 6) is -0.653. The summed E-state index contributed by atoms with van der Waals surface area (Å²) in [5.41, 5.74) is 0. The van der Waals surface area contributed by atoms with E-state index in [2.05, 4.69) is 16.7 Å². The quantitative estimate of drug-likeness (QED) is 0.233. The van der Waals surface area contributed by atoms with Crippen molar-refractivity contribution in [3.05, 3.63) is 0 Å². The van der Waals surface area contributed by atoms with Crippen LogP contribution in [0.5, 0.6) is 0 Å². The van der Waals surface area contributed by atoms with E-state index in [-0.39, 0.29) is 0 Å². The molecule has 0 unspecified atom stereocenters. The summed E-state index contributed by atoms with van der Waals surface area (Å²) in [6, 6.07) is 0. The first-order chi connectivity index (χ1) is 12.8. The highest BCUT2D eigenvalue weighted by atomic mass is 17.2. The molecule has 1 rings (SSSR count). The molecule has 0 radical (unpaired) electrons. The number of rotatable bonds is 16. The Kier molecular flexibility index (Phi) is 21.9. The summed E-state index contributed by atoms with van der Waals surface area (Å²) >= 11 is 0. The molecular weight excluding hydrogens is 328 g/mol. The Morgan fingerprint density at radius 1 is 0.654 bits per heavy atom. The molecule has 0 aromatic rings. The molecule has 156 valence electrons. The van der Waals surface area contributed by atoms with Crippen molar-refractivity contribution in [1.29, 1.82) is 0 Å². The van der Waals surface area contributed by atoms with Gasteiger partial charge in [0, 0.05) is 6.42 Å². The highest BCUT2D eigenvalue weighted by Crippen LogP contribution is 2.13. The van der Waals surface area contributed by atoms with Crippen LogP contribution in [0.25, 0.3) is 0 Å². The molecule has 1 saturated heterocycles. The van der Waals surface area contributed by atoms with Crippen LogP contribution in [0.15, 0.2) is 0 Å². The van der Waals surface area contributed by atoms with Crippen LogP contribution >= 0.6 is 0 Å². The van der Waals surface area contributed by atoms with Gasteiger partial charge >= 0.3 is 5.97 Å². The van der Waals surface area contributed by atoms with Gasteiger partial charge in [0.05, 0.1) is 13.2 Å². The molecule has 1 heterocycles. The topological polar surface area (TPSA) is 55.8 Å². The number of aliphatic carboxylic acids is 1. The number of unbranched alkanes of at least 4 members (excludes halogenated alkanes) is 14. The van der Waals surface area contributed by atoms with Crippen LogP contribution in [-0.2, 0) is 14.6 Å². The Hall–Kier alpha value is -0.610. The monoisotopic (exact) mass is 372 g/mol. The lowest BCUT2D eigenvalue weighted by atomic mass is 10.0. The van der Waals surface area contributed by atoms with E-state index in [1.807, 2.05) is 0 Å². The van der Waals surface area contributed by atoms with Crippen LogP contribution in [0.1, 0.15) is 122 Å². The number of carboxylic acid groups (broad SMARTS) is 1. The van der Waals surface area contributed by atoms with Crippen molar-refractivity contribution in [2.45, 2.75) is 122 Å². The third-order valence-electron chi connectivity index (χ3n) is 4.78. The zero-order chi connectivity index (χ0) is 19.1. The number of carbonyl (C=O) groups is 1. The van der Waals surface area contributed by atoms with E-state index in [0.717, 1.165) is 38.9 Å². The minimum Gasteiger partial charge on any atom is -0.481 e. The Morgan fingerprint density at radius 2 is 1.00 bits per heavy atom. The van der Waals surface area contributed by atoms with E-state index in [4.69, 9.17) is 5.11 Å².